The molecule has 4 saturated heterocycles. The Bertz CT molecular complexity index is 1140. The summed E-state index contributed by atoms with van der Waals surface area (Å²) in [4.78, 5) is 23.9. The Morgan fingerprint density at radius 3 is 1.49 bits per heavy atom. The van der Waals surface area contributed by atoms with Gasteiger partial charge in [-0.3, -0.25) is 9.59 Å². The fraction of sp³-hybridized carbons (Fsp3) is 0.929. The van der Waals surface area contributed by atoms with Gasteiger partial charge in [0.1, 0.15) is 97.5 Å². The number of hydrogen-bond donors (Lipinski definition) is 14. The van der Waals surface area contributed by atoms with Crippen molar-refractivity contribution in [1.82, 2.24) is 10.6 Å². The van der Waals surface area contributed by atoms with Crippen molar-refractivity contribution >= 4 is 11.8 Å². The highest BCUT2D eigenvalue weighted by atomic mass is 16.8. The van der Waals surface area contributed by atoms with Gasteiger partial charge in [0.2, 0.25) is 11.8 Å². The molecule has 23 nitrogen and oxygen atoms in total. The first-order chi connectivity index (χ1) is 24.0. The summed E-state index contributed by atoms with van der Waals surface area (Å²) >= 11 is 0. The van der Waals surface area contributed by atoms with Crippen LogP contribution in [-0.2, 0) is 42.7 Å². The lowest BCUT2D eigenvalue weighted by Gasteiger charge is -2.49. The van der Waals surface area contributed by atoms with E-state index in [1.54, 1.807) is 0 Å². The Kier molecular flexibility index (Phi) is 14.8. The van der Waals surface area contributed by atoms with Gasteiger partial charge in [-0.1, -0.05) is 0 Å². The van der Waals surface area contributed by atoms with E-state index in [0.29, 0.717) is 0 Å². The molecular weight excluding hydrogens is 700 g/mol. The predicted octanol–water partition coefficient (Wildman–Crippen LogP) is -9.46. The minimum atomic E-state index is -2.00. The number of rotatable bonds is 12. The minimum Gasteiger partial charge on any atom is -0.394 e. The van der Waals surface area contributed by atoms with E-state index < -0.39 is 161 Å². The van der Waals surface area contributed by atoms with E-state index in [9.17, 15) is 70.9 Å². The molecule has 0 spiro atoms. The highest BCUT2D eigenvalue weighted by Crippen LogP contribution is 2.33. The first-order valence-corrected chi connectivity index (χ1v) is 16.1. The van der Waals surface area contributed by atoms with Crippen molar-refractivity contribution < 1.29 is 104 Å². The number of aliphatic hydroxyl groups is 12. The Morgan fingerprint density at radius 1 is 0.510 bits per heavy atom. The van der Waals surface area contributed by atoms with Crippen LogP contribution in [0, 0.1) is 0 Å². The zero-order chi connectivity index (χ0) is 37.9. The standard InChI is InChI=1S/C28H48N2O21/c1-7(34)29-13-17(38)23(10(4-32)46-25(13)44)50-26-14(30-8(2)35)18(39)24(11(5-33)48-26)51-28-22(43)20(41)16(37)12(49-28)6-45-27-21(42)19(40)15(36)9(3-31)47-27/h9-28,31-33,36-44H,3-6H2,1-2H3,(H,29,34)(H,30,35)/t9-,10-,11-,12-,13-,14-,15-,16-,17-,18-,19+,20+,21+,22+,23-,24-,25-,26+,27?,28?/m1/s1. The monoisotopic (exact) mass is 748 g/mol. The van der Waals surface area contributed by atoms with Crippen LogP contribution in [0.15, 0.2) is 0 Å². The summed E-state index contributed by atoms with van der Waals surface area (Å²) in [7, 11) is 0. The highest BCUT2D eigenvalue weighted by molar-refractivity contribution is 5.73. The van der Waals surface area contributed by atoms with Crippen molar-refractivity contribution in [2.75, 3.05) is 26.4 Å². The number of ether oxygens (including phenoxy) is 7. The van der Waals surface area contributed by atoms with E-state index in [1.807, 2.05) is 0 Å². The maximum absolute atomic E-state index is 12.2. The van der Waals surface area contributed by atoms with Gasteiger partial charge in [0.05, 0.1) is 26.4 Å². The zero-order valence-corrected chi connectivity index (χ0v) is 27.4. The fourth-order valence-corrected chi connectivity index (χ4v) is 6.25. The highest BCUT2D eigenvalue weighted by Gasteiger charge is 2.54. The smallest absolute Gasteiger partial charge is 0.217 e. The molecule has 4 fully saturated rings. The van der Waals surface area contributed by atoms with E-state index in [-0.39, 0.29) is 0 Å². The summed E-state index contributed by atoms with van der Waals surface area (Å²) in [6, 6.07) is -3.02. The molecule has 296 valence electrons. The average molecular weight is 749 g/mol. The van der Waals surface area contributed by atoms with E-state index in [4.69, 9.17) is 33.2 Å². The van der Waals surface area contributed by atoms with Gasteiger partial charge in [-0.15, -0.1) is 0 Å². The normalized spacial score (nSPS) is 47.8. The predicted molar refractivity (Wildman–Crippen MR) is 157 cm³/mol. The second-order valence-corrected chi connectivity index (χ2v) is 12.7. The molecule has 14 N–H and O–H groups in total. The molecule has 4 aliphatic rings. The molecule has 2 unspecified atom stereocenters. The van der Waals surface area contributed by atoms with Crippen LogP contribution >= 0.6 is 0 Å². The summed E-state index contributed by atoms with van der Waals surface area (Å²) < 4.78 is 38.9. The van der Waals surface area contributed by atoms with Crippen LogP contribution in [0.4, 0.5) is 0 Å². The third-order valence-electron chi connectivity index (χ3n) is 8.99. The molecule has 0 bridgehead atoms. The third-order valence-corrected chi connectivity index (χ3v) is 8.99. The summed E-state index contributed by atoms with van der Waals surface area (Å²) in [6.45, 7) is -0.998. The van der Waals surface area contributed by atoms with Gasteiger partial charge in [-0.2, -0.15) is 0 Å². The van der Waals surface area contributed by atoms with Crippen LogP contribution < -0.4 is 10.6 Å². The first kappa shape index (κ1) is 41.9. The molecule has 0 aromatic rings. The second-order valence-electron chi connectivity index (χ2n) is 12.7. The summed E-state index contributed by atoms with van der Waals surface area (Å²) in [5, 5.41) is 129. The van der Waals surface area contributed by atoms with Crippen LogP contribution in [0.2, 0.25) is 0 Å². The Balaban J connectivity index is 1.50. The number of hydrogen-bond acceptors (Lipinski definition) is 21. The molecule has 4 heterocycles. The van der Waals surface area contributed by atoms with Crippen LogP contribution in [-0.4, -0.2) is 222 Å². The maximum Gasteiger partial charge on any atom is 0.217 e. The zero-order valence-electron chi connectivity index (χ0n) is 27.4. The topological polar surface area (TPSA) is 366 Å². The minimum absolute atomic E-state index is 0.656. The van der Waals surface area contributed by atoms with Crippen molar-refractivity contribution in [1.29, 1.82) is 0 Å². The van der Waals surface area contributed by atoms with Gasteiger partial charge in [-0.05, 0) is 0 Å². The quantitative estimate of drug-likeness (QED) is 0.0881. The summed E-state index contributed by atoms with van der Waals surface area (Å²) in [6.07, 6.45) is -30.9. The molecule has 51 heavy (non-hydrogen) atoms. The molecule has 4 rings (SSSR count). The van der Waals surface area contributed by atoms with Gasteiger partial charge in [0.15, 0.2) is 25.2 Å². The molecule has 0 aromatic carbocycles. The molecule has 2 amide bonds. The lowest BCUT2D eigenvalue weighted by Crippen LogP contribution is -2.70. The van der Waals surface area contributed by atoms with E-state index in [1.165, 1.54) is 0 Å². The Labute approximate surface area is 289 Å². The molecule has 0 aromatic heterocycles. The number of amides is 2. The van der Waals surface area contributed by atoms with Gasteiger partial charge < -0.3 is 105 Å². The van der Waals surface area contributed by atoms with Crippen LogP contribution in [0.1, 0.15) is 13.8 Å². The lowest BCUT2D eigenvalue weighted by atomic mass is 9.94. The van der Waals surface area contributed by atoms with E-state index in [0.717, 1.165) is 13.8 Å². The van der Waals surface area contributed by atoms with E-state index >= 15 is 0 Å². The van der Waals surface area contributed by atoms with Crippen molar-refractivity contribution in [3.05, 3.63) is 0 Å². The summed E-state index contributed by atoms with van der Waals surface area (Å²) in [5.41, 5.74) is 0. The number of carbonyl (C=O) groups is 2. The van der Waals surface area contributed by atoms with Gasteiger partial charge in [-0.25, -0.2) is 0 Å². The largest absolute Gasteiger partial charge is 0.394 e. The van der Waals surface area contributed by atoms with Gasteiger partial charge in [0.25, 0.3) is 0 Å². The van der Waals surface area contributed by atoms with Crippen LogP contribution in [0.3, 0.4) is 0 Å². The van der Waals surface area contributed by atoms with Crippen LogP contribution in [0.25, 0.3) is 0 Å². The van der Waals surface area contributed by atoms with Crippen molar-refractivity contribution in [3.8, 4) is 0 Å². The Hall–Kier alpha value is -1.82. The van der Waals surface area contributed by atoms with Gasteiger partial charge in [0, 0.05) is 13.8 Å². The van der Waals surface area contributed by atoms with Crippen molar-refractivity contribution in [3.63, 3.8) is 0 Å². The second kappa shape index (κ2) is 18.0. The van der Waals surface area contributed by atoms with Crippen molar-refractivity contribution in [2.24, 2.45) is 0 Å². The lowest BCUT2D eigenvalue weighted by molar-refractivity contribution is -0.365. The molecule has 0 aliphatic carbocycles. The molecule has 0 saturated carbocycles. The molecule has 20 atom stereocenters. The molecule has 23 heteroatoms. The number of nitrogens with one attached hydrogen (secondary N) is 2. The molecule has 4 aliphatic heterocycles. The van der Waals surface area contributed by atoms with Gasteiger partial charge >= 0.3 is 0 Å². The SMILES string of the molecule is CC(=O)N[C@@H]1[C@@H](O)[C@H](O[C@@H]2O[C@H](CO)[C@@H](OC3O[C@H](COC4O[C@H](CO)[C@@H](O)[C@H](O)[C@@H]4O)[C@@H](O)[C@H](O)[C@@H]3O)[C@H](O)[C@H]2NC(C)=O)[C@@H](CO)O[C@H]1O. The molecule has 0 radical (unpaired) electrons. The fourth-order valence-electron chi connectivity index (χ4n) is 6.25. The van der Waals surface area contributed by atoms with Crippen molar-refractivity contribution in [2.45, 2.75) is 137 Å². The Morgan fingerprint density at radius 2 is 0.941 bits per heavy atom. The molecular formula is C28H48N2O21. The van der Waals surface area contributed by atoms with E-state index in [2.05, 4.69) is 10.6 Å². The average Bonchev–Trinajstić information content (AvgIpc) is 3.09. The number of carbonyl (C=O) groups excluding carboxylic acids is 2. The summed E-state index contributed by atoms with van der Waals surface area (Å²) in [5.74, 6) is -1.39. The number of aliphatic hydroxyl groups excluding tert-OH is 12. The van der Waals surface area contributed by atoms with Crippen LogP contribution in [0.5, 0.6) is 0 Å². The maximum atomic E-state index is 12.2. The first-order valence-electron chi connectivity index (χ1n) is 16.1. The third kappa shape index (κ3) is 9.29.